The molecule has 0 aliphatic carbocycles. The molecule has 0 saturated carbocycles. The van der Waals surface area contributed by atoms with Gasteiger partial charge in [0.15, 0.2) is 17.4 Å². The Balaban J connectivity index is 2.49. The highest BCUT2D eigenvalue weighted by atomic mass is 35.5. The highest BCUT2D eigenvalue weighted by molar-refractivity contribution is 6.31. The first-order valence-corrected chi connectivity index (χ1v) is 5.45. The zero-order valence-electron chi connectivity index (χ0n) is 8.82. The van der Waals surface area contributed by atoms with Crippen LogP contribution in [0.5, 0.6) is 5.75 Å². The lowest BCUT2D eigenvalue weighted by Crippen LogP contribution is -2.10. The third kappa shape index (κ3) is 1.87. The molecule has 1 saturated heterocycles. The zero-order valence-corrected chi connectivity index (χ0v) is 9.57. The minimum atomic E-state index is -0.837. The summed E-state index contributed by atoms with van der Waals surface area (Å²) in [6, 6.07) is 1.35. The van der Waals surface area contributed by atoms with Gasteiger partial charge in [-0.25, -0.2) is 8.78 Å². The maximum Gasteiger partial charge on any atom is 0.192 e. The number of halogens is 3. The Hall–Kier alpha value is -0.870. The van der Waals surface area contributed by atoms with Crippen molar-refractivity contribution in [1.29, 1.82) is 0 Å². The SMILES string of the molecule is COc1c(F)c(Cl)cc(C2CCNC2)c1F. The molecule has 1 aliphatic rings. The van der Waals surface area contributed by atoms with E-state index < -0.39 is 17.4 Å². The van der Waals surface area contributed by atoms with Crippen LogP contribution in [0.25, 0.3) is 0 Å². The largest absolute Gasteiger partial charge is 0.491 e. The molecule has 0 radical (unpaired) electrons. The molecule has 0 spiro atoms. The lowest BCUT2D eigenvalue weighted by atomic mass is 9.97. The second kappa shape index (κ2) is 4.55. The average Bonchev–Trinajstić information content (AvgIpc) is 2.77. The number of hydrogen-bond acceptors (Lipinski definition) is 2. The summed E-state index contributed by atoms with van der Waals surface area (Å²) in [5, 5.41) is 3.03. The zero-order chi connectivity index (χ0) is 11.7. The normalized spacial score (nSPS) is 20.1. The molecular formula is C11H12ClF2NO. The summed E-state index contributed by atoms with van der Waals surface area (Å²) >= 11 is 5.71. The van der Waals surface area contributed by atoms with Crippen LogP contribution in [0.4, 0.5) is 8.78 Å². The van der Waals surface area contributed by atoms with Crippen LogP contribution >= 0.6 is 11.6 Å². The third-order valence-corrected chi connectivity index (χ3v) is 3.12. The number of methoxy groups -OCH3 is 1. The van der Waals surface area contributed by atoms with Crippen molar-refractivity contribution in [2.75, 3.05) is 20.2 Å². The quantitative estimate of drug-likeness (QED) is 0.812. The summed E-state index contributed by atoms with van der Waals surface area (Å²) < 4.78 is 32.0. The van der Waals surface area contributed by atoms with Gasteiger partial charge in [0, 0.05) is 12.5 Å². The summed E-state index contributed by atoms with van der Waals surface area (Å²) in [6.45, 7) is 1.52. The third-order valence-electron chi connectivity index (χ3n) is 2.85. The van der Waals surface area contributed by atoms with Crippen molar-refractivity contribution in [1.82, 2.24) is 5.32 Å². The van der Waals surface area contributed by atoms with Crippen molar-refractivity contribution in [3.05, 3.63) is 28.3 Å². The second-order valence-electron chi connectivity index (χ2n) is 3.80. The van der Waals surface area contributed by atoms with Gasteiger partial charge >= 0.3 is 0 Å². The minimum Gasteiger partial charge on any atom is -0.491 e. The Labute approximate surface area is 97.5 Å². The fraction of sp³-hybridized carbons (Fsp3) is 0.455. The van der Waals surface area contributed by atoms with Gasteiger partial charge in [0.05, 0.1) is 12.1 Å². The van der Waals surface area contributed by atoms with Crippen LogP contribution in [0.3, 0.4) is 0 Å². The molecule has 2 rings (SSSR count). The van der Waals surface area contributed by atoms with E-state index in [-0.39, 0.29) is 10.9 Å². The monoisotopic (exact) mass is 247 g/mol. The maximum atomic E-state index is 13.9. The Bertz CT molecular complexity index is 405. The summed E-state index contributed by atoms with van der Waals surface area (Å²) in [5.41, 5.74) is 0.424. The van der Waals surface area contributed by atoms with Gasteiger partial charge in [-0.2, -0.15) is 0 Å². The number of hydrogen-bond donors (Lipinski definition) is 1. The highest BCUT2D eigenvalue weighted by Gasteiger charge is 2.25. The fourth-order valence-electron chi connectivity index (χ4n) is 2.00. The van der Waals surface area contributed by atoms with Crippen LogP contribution in [0, 0.1) is 11.6 Å². The molecule has 5 heteroatoms. The molecule has 1 aromatic rings. The Kier molecular flexibility index (Phi) is 3.30. The van der Waals surface area contributed by atoms with Crippen LogP contribution < -0.4 is 10.1 Å². The molecule has 0 bridgehead atoms. The molecule has 1 unspecified atom stereocenters. The van der Waals surface area contributed by atoms with E-state index >= 15 is 0 Å². The number of benzene rings is 1. The van der Waals surface area contributed by atoms with Crippen LogP contribution in [0.15, 0.2) is 6.07 Å². The molecule has 0 amide bonds. The summed E-state index contributed by atoms with van der Waals surface area (Å²) in [7, 11) is 1.23. The van der Waals surface area contributed by atoms with Gasteiger partial charge in [-0.1, -0.05) is 11.6 Å². The van der Waals surface area contributed by atoms with E-state index in [1.54, 1.807) is 0 Å². The van der Waals surface area contributed by atoms with Gasteiger partial charge in [0.1, 0.15) is 0 Å². The molecule has 1 aliphatic heterocycles. The van der Waals surface area contributed by atoms with Crippen molar-refractivity contribution in [3.8, 4) is 5.75 Å². The number of rotatable bonds is 2. The Morgan fingerprint density at radius 3 is 2.75 bits per heavy atom. The average molecular weight is 248 g/mol. The first kappa shape index (κ1) is 11.6. The van der Waals surface area contributed by atoms with E-state index in [0.717, 1.165) is 13.0 Å². The number of ether oxygens (including phenoxy) is 1. The molecule has 16 heavy (non-hydrogen) atoms. The maximum absolute atomic E-state index is 13.9. The molecule has 1 N–H and O–H groups in total. The van der Waals surface area contributed by atoms with Crippen molar-refractivity contribution in [2.45, 2.75) is 12.3 Å². The van der Waals surface area contributed by atoms with Crippen LogP contribution in [0.1, 0.15) is 17.9 Å². The van der Waals surface area contributed by atoms with Crippen molar-refractivity contribution < 1.29 is 13.5 Å². The van der Waals surface area contributed by atoms with Crippen LogP contribution in [-0.2, 0) is 0 Å². The molecular weight excluding hydrogens is 236 g/mol. The molecule has 1 heterocycles. The first-order valence-electron chi connectivity index (χ1n) is 5.07. The predicted molar refractivity (Wildman–Crippen MR) is 58.1 cm³/mol. The van der Waals surface area contributed by atoms with Gasteiger partial charge in [-0.05, 0) is 24.6 Å². The van der Waals surface area contributed by atoms with Gasteiger partial charge in [-0.3, -0.25) is 0 Å². The second-order valence-corrected chi connectivity index (χ2v) is 4.21. The summed E-state index contributed by atoms with van der Waals surface area (Å²) in [6.07, 6.45) is 0.821. The number of nitrogens with one attached hydrogen (secondary N) is 1. The van der Waals surface area contributed by atoms with E-state index in [4.69, 9.17) is 16.3 Å². The topological polar surface area (TPSA) is 21.3 Å². The van der Waals surface area contributed by atoms with E-state index in [1.807, 2.05) is 0 Å². The van der Waals surface area contributed by atoms with Gasteiger partial charge < -0.3 is 10.1 Å². The van der Waals surface area contributed by atoms with E-state index in [0.29, 0.717) is 12.1 Å². The minimum absolute atomic E-state index is 0.0343. The lowest BCUT2D eigenvalue weighted by Gasteiger charge is -2.14. The summed E-state index contributed by atoms with van der Waals surface area (Å²) in [4.78, 5) is 0. The Morgan fingerprint density at radius 1 is 1.44 bits per heavy atom. The van der Waals surface area contributed by atoms with Gasteiger partial charge in [0.2, 0.25) is 0 Å². The lowest BCUT2D eigenvalue weighted by molar-refractivity contribution is 0.356. The van der Waals surface area contributed by atoms with E-state index in [9.17, 15) is 8.78 Å². The summed E-state index contributed by atoms with van der Waals surface area (Å²) in [5.74, 6) is -1.84. The molecule has 0 aromatic heterocycles. The molecule has 1 fully saturated rings. The van der Waals surface area contributed by atoms with Crippen LogP contribution in [0.2, 0.25) is 5.02 Å². The van der Waals surface area contributed by atoms with Gasteiger partial charge in [0.25, 0.3) is 0 Å². The van der Waals surface area contributed by atoms with E-state index in [1.165, 1.54) is 13.2 Å². The fourth-order valence-corrected chi connectivity index (χ4v) is 2.20. The van der Waals surface area contributed by atoms with Crippen LogP contribution in [-0.4, -0.2) is 20.2 Å². The van der Waals surface area contributed by atoms with Crippen molar-refractivity contribution in [3.63, 3.8) is 0 Å². The molecule has 2 nitrogen and oxygen atoms in total. The first-order chi connectivity index (χ1) is 7.65. The van der Waals surface area contributed by atoms with E-state index in [2.05, 4.69) is 5.32 Å². The van der Waals surface area contributed by atoms with Gasteiger partial charge in [-0.15, -0.1) is 0 Å². The predicted octanol–water partition coefficient (Wildman–Crippen LogP) is 2.70. The van der Waals surface area contributed by atoms with Crippen molar-refractivity contribution >= 4 is 11.6 Å². The standard InChI is InChI=1S/C11H12ClF2NO/c1-16-11-9(13)7(4-8(12)10(11)14)6-2-3-15-5-6/h4,6,15H,2-3,5H2,1H3. The Morgan fingerprint density at radius 2 is 2.19 bits per heavy atom. The molecule has 1 aromatic carbocycles. The van der Waals surface area contributed by atoms with Crippen molar-refractivity contribution in [2.24, 2.45) is 0 Å². The molecule has 1 atom stereocenters. The molecule has 88 valence electrons. The smallest absolute Gasteiger partial charge is 0.192 e. The highest BCUT2D eigenvalue weighted by Crippen LogP contribution is 2.35.